The van der Waals surface area contributed by atoms with Crippen LogP contribution in [0.15, 0.2) is 223 Å². The van der Waals surface area contributed by atoms with Crippen LogP contribution < -0.4 is 0 Å². The van der Waals surface area contributed by atoms with E-state index in [-0.39, 0.29) is 0 Å². The molecule has 4 aromatic heterocycles. The highest BCUT2D eigenvalue weighted by atomic mass is 16.3. The molecule has 0 amide bonds. The van der Waals surface area contributed by atoms with Gasteiger partial charge in [-0.1, -0.05) is 146 Å². The Hall–Kier alpha value is -8.54. The molecule has 0 aliphatic carbocycles. The lowest BCUT2D eigenvalue weighted by molar-refractivity contribution is 0.669. The Balaban J connectivity index is 1.03. The van der Waals surface area contributed by atoms with E-state index in [2.05, 4.69) is 191 Å². The number of nitrogens with zero attached hydrogens (tertiary/aromatic N) is 4. The number of furan rings is 1. The molecule has 0 N–H and O–H groups in total. The summed E-state index contributed by atoms with van der Waals surface area (Å²) in [4.78, 5) is 10.9. The van der Waals surface area contributed by atoms with E-state index in [0.29, 0.717) is 5.82 Å². The maximum Gasteiger partial charge on any atom is 0.160 e. The van der Waals surface area contributed by atoms with Crippen molar-refractivity contribution in [2.45, 2.75) is 0 Å². The Labute approximate surface area is 362 Å². The van der Waals surface area contributed by atoms with Crippen LogP contribution in [0.4, 0.5) is 0 Å². The first-order valence-corrected chi connectivity index (χ1v) is 21.3. The third-order valence-electron chi connectivity index (χ3n) is 12.5. The second kappa shape index (κ2) is 14.0. The summed E-state index contributed by atoms with van der Waals surface area (Å²) in [5.74, 6) is 0.673. The van der Waals surface area contributed by atoms with Gasteiger partial charge in [0.1, 0.15) is 16.7 Å². The number of aromatic nitrogens is 4. The van der Waals surface area contributed by atoms with Gasteiger partial charge >= 0.3 is 0 Å². The normalized spacial score (nSPS) is 11.8. The molecule has 13 aromatic rings. The van der Waals surface area contributed by atoms with Gasteiger partial charge in [0, 0.05) is 49.4 Å². The topological polar surface area (TPSA) is 48.8 Å². The fourth-order valence-corrected chi connectivity index (χ4v) is 9.68. The first-order valence-electron chi connectivity index (χ1n) is 21.3. The molecule has 13 rings (SSSR count). The van der Waals surface area contributed by atoms with Gasteiger partial charge < -0.3 is 13.6 Å². The highest BCUT2D eigenvalue weighted by Crippen LogP contribution is 2.44. The van der Waals surface area contributed by atoms with Gasteiger partial charge in [0.05, 0.1) is 27.8 Å². The third-order valence-corrected chi connectivity index (χ3v) is 12.5. The quantitative estimate of drug-likeness (QED) is 0.168. The number of hydrogen-bond acceptors (Lipinski definition) is 3. The lowest BCUT2D eigenvalue weighted by atomic mass is 9.97. The zero-order valence-electron chi connectivity index (χ0n) is 34.0. The lowest BCUT2D eigenvalue weighted by Gasteiger charge is -2.13. The van der Waals surface area contributed by atoms with Crippen LogP contribution in [0.1, 0.15) is 0 Å². The standard InChI is InChI=1S/C58H36N4O/c1-4-16-37(17-5-1)58-59-55(46-26-15-29-53-54(46)45-25-11-13-28-52(45)63-53)57-56(60-58)48-36-41(31-33-51(48)62(57)43-22-8-3-9-23-43)39-19-14-18-38(34-39)40-30-32-50-47(35-40)44-24-10-12-27-49(44)61(50)42-20-6-2-7-21-42/h1-36H. The number of fused-ring (bicyclic) bond motifs is 9. The van der Waals surface area contributed by atoms with Crippen LogP contribution in [0.5, 0.6) is 0 Å². The van der Waals surface area contributed by atoms with Gasteiger partial charge in [-0.25, -0.2) is 9.97 Å². The summed E-state index contributed by atoms with van der Waals surface area (Å²) in [6.45, 7) is 0. The van der Waals surface area contributed by atoms with Crippen LogP contribution in [0.3, 0.4) is 0 Å². The highest BCUT2D eigenvalue weighted by Gasteiger charge is 2.24. The zero-order valence-corrected chi connectivity index (χ0v) is 34.0. The predicted octanol–water partition coefficient (Wildman–Crippen LogP) is 15.2. The van der Waals surface area contributed by atoms with Crippen molar-refractivity contribution in [3.63, 3.8) is 0 Å². The van der Waals surface area contributed by atoms with E-state index < -0.39 is 0 Å². The summed E-state index contributed by atoms with van der Waals surface area (Å²) < 4.78 is 11.1. The van der Waals surface area contributed by atoms with Gasteiger partial charge in [0.15, 0.2) is 5.82 Å². The number of para-hydroxylation sites is 4. The molecule has 63 heavy (non-hydrogen) atoms. The molecule has 0 radical (unpaired) electrons. The van der Waals surface area contributed by atoms with Crippen LogP contribution in [-0.4, -0.2) is 19.1 Å². The van der Waals surface area contributed by atoms with Crippen LogP contribution in [0.2, 0.25) is 0 Å². The molecule has 0 bridgehead atoms. The fraction of sp³-hybridized carbons (Fsp3) is 0. The molecule has 0 unspecified atom stereocenters. The highest BCUT2D eigenvalue weighted by molar-refractivity contribution is 6.18. The molecule has 0 atom stereocenters. The van der Waals surface area contributed by atoms with Gasteiger partial charge in [0.2, 0.25) is 0 Å². The van der Waals surface area contributed by atoms with E-state index in [1.807, 2.05) is 36.4 Å². The molecular formula is C58H36N4O. The van der Waals surface area contributed by atoms with Gasteiger partial charge in [-0.2, -0.15) is 0 Å². The largest absolute Gasteiger partial charge is 0.456 e. The van der Waals surface area contributed by atoms with E-state index in [4.69, 9.17) is 14.4 Å². The second-order valence-electron chi connectivity index (χ2n) is 16.1. The molecule has 5 heteroatoms. The minimum absolute atomic E-state index is 0.673. The van der Waals surface area contributed by atoms with Gasteiger partial charge in [-0.15, -0.1) is 0 Å². The van der Waals surface area contributed by atoms with Crippen molar-refractivity contribution in [2.24, 2.45) is 0 Å². The molecule has 0 saturated heterocycles. The molecule has 0 fully saturated rings. The van der Waals surface area contributed by atoms with Gasteiger partial charge in [0.25, 0.3) is 0 Å². The van der Waals surface area contributed by atoms with Crippen LogP contribution in [0, 0.1) is 0 Å². The van der Waals surface area contributed by atoms with E-state index in [1.165, 1.54) is 27.4 Å². The van der Waals surface area contributed by atoms with Crippen molar-refractivity contribution in [3.8, 4) is 56.3 Å². The fourth-order valence-electron chi connectivity index (χ4n) is 9.68. The molecule has 5 nitrogen and oxygen atoms in total. The average molecular weight is 805 g/mol. The molecule has 9 aromatic carbocycles. The first kappa shape index (κ1) is 35.2. The zero-order chi connectivity index (χ0) is 41.4. The van der Waals surface area contributed by atoms with Crippen molar-refractivity contribution in [1.82, 2.24) is 19.1 Å². The van der Waals surface area contributed by atoms with Crippen molar-refractivity contribution < 1.29 is 4.42 Å². The molecule has 0 aliphatic rings. The Kier molecular flexibility index (Phi) is 7.84. The number of rotatable bonds is 6. The molecule has 0 spiro atoms. The summed E-state index contributed by atoms with van der Waals surface area (Å²) in [6, 6.07) is 77.3. The molecule has 4 heterocycles. The first-order chi connectivity index (χ1) is 31.2. The lowest BCUT2D eigenvalue weighted by Crippen LogP contribution is -2.00. The summed E-state index contributed by atoms with van der Waals surface area (Å²) in [5.41, 5.74) is 16.5. The van der Waals surface area contributed by atoms with Crippen LogP contribution in [0.25, 0.3) is 122 Å². The predicted molar refractivity (Wildman–Crippen MR) is 260 cm³/mol. The van der Waals surface area contributed by atoms with E-state index in [1.54, 1.807) is 0 Å². The van der Waals surface area contributed by atoms with Crippen molar-refractivity contribution in [1.29, 1.82) is 0 Å². The Bertz CT molecular complexity index is 3900. The molecule has 294 valence electrons. The SMILES string of the molecule is c1ccc(-c2nc(-c3cccc4oc5ccccc5c34)c3c(n2)c2cc(-c4cccc(-c5ccc6c(c5)c5ccccc5n6-c5ccccc5)c4)ccc2n3-c2ccccc2)cc1. The number of hydrogen-bond donors (Lipinski definition) is 0. The van der Waals surface area contributed by atoms with E-state index in [0.717, 1.165) is 88.8 Å². The smallest absolute Gasteiger partial charge is 0.160 e. The summed E-state index contributed by atoms with van der Waals surface area (Å²) >= 11 is 0. The third kappa shape index (κ3) is 5.57. The Morgan fingerprint density at radius 2 is 0.889 bits per heavy atom. The minimum Gasteiger partial charge on any atom is -0.456 e. The molecule has 0 aliphatic heterocycles. The summed E-state index contributed by atoms with van der Waals surface area (Å²) in [6.07, 6.45) is 0. The van der Waals surface area contributed by atoms with E-state index >= 15 is 0 Å². The minimum atomic E-state index is 0.673. The van der Waals surface area contributed by atoms with Gasteiger partial charge in [-0.05, 0) is 95.1 Å². The Morgan fingerprint density at radius 3 is 1.63 bits per heavy atom. The van der Waals surface area contributed by atoms with E-state index in [9.17, 15) is 0 Å². The monoisotopic (exact) mass is 804 g/mol. The van der Waals surface area contributed by atoms with Crippen LogP contribution >= 0.6 is 0 Å². The van der Waals surface area contributed by atoms with Gasteiger partial charge in [-0.3, -0.25) is 0 Å². The molecule has 0 saturated carbocycles. The van der Waals surface area contributed by atoms with Crippen molar-refractivity contribution in [2.75, 3.05) is 0 Å². The van der Waals surface area contributed by atoms with Crippen molar-refractivity contribution >= 4 is 65.7 Å². The molecular weight excluding hydrogens is 769 g/mol. The second-order valence-corrected chi connectivity index (χ2v) is 16.1. The summed E-state index contributed by atoms with van der Waals surface area (Å²) in [7, 11) is 0. The van der Waals surface area contributed by atoms with Crippen molar-refractivity contribution in [3.05, 3.63) is 218 Å². The maximum absolute atomic E-state index is 6.43. The summed E-state index contributed by atoms with van der Waals surface area (Å²) in [5, 5.41) is 5.62. The average Bonchev–Trinajstić information content (AvgIpc) is 4.02. The maximum atomic E-state index is 6.43. The van der Waals surface area contributed by atoms with Crippen LogP contribution in [-0.2, 0) is 0 Å². The number of benzene rings is 9. The Morgan fingerprint density at radius 1 is 0.349 bits per heavy atom.